The first kappa shape index (κ1) is 61.5. The van der Waals surface area contributed by atoms with Crippen LogP contribution in [-0.2, 0) is 38.3 Å². The van der Waals surface area contributed by atoms with E-state index in [0.29, 0.717) is 124 Å². The van der Waals surface area contributed by atoms with Gasteiger partial charge >= 0.3 is 17.9 Å². The Morgan fingerprint density at radius 1 is 0.533 bits per heavy atom. The molecule has 4 aromatic carbocycles. The number of hydrogen-bond donors (Lipinski definition) is 0. The zero-order valence-corrected chi connectivity index (χ0v) is 46.7. The molecule has 0 spiro atoms. The normalized spacial score (nSPS) is 18.5. The minimum atomic E-state index is -4.12. The zero-order valence-electron chi connectivity index (χ0n) is 45.2. The first-order chi connectivity index (χ1) is 35.0. The second kappa shape index (κ2) is 26.6. The average molecular weight is 1100 g/mol. The molecular weight excluding hydrogens is 1030 g/mol. The van der Waals surface area contributed by atoms with Gasteiger partial charge in [-0.3, -0.25) is 4.79 Å². The highest BCUT2D eigenvalue weighted by atomic mass is 35.5. The monoisotopic (exact) mass is 1100 g/mol. The molecule has 0 amide bonds. The molecule has 6 rings (SSSR count). The number of methoxy groups -OCH3 is 11. The van der Waals surface area contributed by atoms with E-state index >= 15 is 8.78 Å². The molecule has 0 radical (unpaired) electrons. The molecule has 0 aromatic heterocycles. The van der Waals surface area contributed by atoms with Crippen LogP contribution in [0, 0.1) is 0 Å². The van der Waals surface area contributed by atoms with E-state index in [4.69, 9.17) is 61.6 Å². The number of carbonyl (C=O) groups excluding carboxylic acids is 2. The first-order valence-electron chi connectivity index (χ1n) is 24.0. The second-order valence-corrected chi connectivity index (χ2v) is 18.5. The van der Waals surface area contributed by atoms with Crippen molar-refractivity contribution in [1.29, 1.82) is 0 Å². The fourth-order valence-corrected chi connectivity index (χ4v) is 10.6. The SMILES string of the molecule is COc1cc2c(cc1OC)[C@H](c1cc(OC)c(OC)c(OC)c1)[N@+](C)(CCCOC(=O)CC(F)(F)C(=O)OCCC[N@@+]1(C)CCc3cc(OC)c(OC)c(OC)c3[C@H]1Cc1cc(OC)c(OC)c(OC)c1)CC2.[Cl-].[Cl-]. The summed E-state index contributed by atoms with van der Waals surface area (Å²) in [5.41, 5.74) is 5.72. The highest BCUT2D eigenvalue weighted by Gasteiger charge is 2.46. The van der Waals surface area contributed by atoms with E-state index in [9.17, 15) is 9.59 Å². The van der Waals surface area contributed by atoms with Gasteiger partial charge in [0.05, 0.1) is 137 Å². The van der Waals surface area contributed by atoms with Crippen molar-refractivity contribution in [3.05, 3.63) is 75.8 Å². The molecule has 0 saturated carbocycles. The topological polar surface area (TPSA) is 154 Å². The number of ether oxygens (including phenoxy) is 13. The van der Waals surface area contributed by atoms with Crippen molar-refractivity contribution in [2.75, 3.05) is 132 Å². The van der Waals surface area contributed by atoms with Crippen LogP contribution in [0.15, 0.2) is 42.5 Å². The smallest absolute Gasteiger partial charge is 0.377 e. The quantitative estimate of drug-likeness (QED) is 0.0538. The van der Waals surface area contributed by atoms with Gasteiger partial charge in [0.25, 0.3) is 0 Å². The van der Waals surface area contributed by atoms with Gasteiger partial charge in [0.1, 0.15) is 18.5 Å². The van der Waals surface area contributed by atoms with Crippen molar-refractivity contribution >= 4 is 11.9 Å². The molecule has 0 unspecified atom stereocenters. The molecule has 75 heavy (non-hydrogen) atoms. The van der Waals surface area contributed by atoms with Crippen LogP contribution in [0.5, 0.6) is 63.2 Å². The molecular formula is C54H72Cl2F2N2O15. The number of nitrogens with zero attached hydrogens (tertiary/aromatic N) is 2. The predicted octanol–water partition coefficient (Wildman–Crippen LogP) is 1.76. The Balaban J connectivity index is 0.00000608. The fraction of sp³-hybridized carbons (Fsp3) is 0.519. The van der Waals surface area contributed by atoms with Gasteiger partial charge in [-0.1, -0.05) is 0 Å². The number of hydrogen-bond acceptors (Lipinski definition) is 15. The number of fused-ring (bicyclic) bond motifs is 2. The summed E-state index contributed by atoms with van der Waals surface area (Å²) in [4.78, 5) is 25.9. The number of alkyl halides is 2. The van der Waals surface area contributed by atoms with Crippen LogP contribution in [0.25, 0.3) is 0 Å². The largest absolute Gasteiger partial charge is 1.00 e. The summed E-state index contributed by atoms with van der Waals surface area (Å²) in [5.74, 6) is -1.63. The van der Waals surface area contributed by atoms with Crippen molar-refractivity contribution in [3.8, 4) is 63.2 Å². The number of quaternary nitrogens is 2. The Labute approximate surface area is 451 Å². The van der Waals surface area contributed by atoms with Crippen LogP contribution in [0.3, 0.4) is 0 Å². The van der Waals surface area contributed by atoms with Crippen LogP contribution in [0.2, 0.25) is 0 Å². The fourth-order valence-electron chi connectivity index (χ4n) is 10.6. The van der Waals surface area contributed by atoms with Gasteiger partial charge in [0, 0.05) is 43.2 Å². The number of likely N-dealkylation sites (N-methyl/N-ethyl adjacent to an activating group) is 2. The Bertz CT molecular complexity index is 2560. The molecule has 2 aliphatic heterocycles. The molecule has 2 heterocycles. The van der Waals surface area contributed by atoms with E-state index in [-0.39, 0.29) is 56.5 Å². The third-order valence-corrected chi connectivity index (χ3v) is 14.3. The minimum absolute atomic E-state index is 0. The predicted molar refractivity (Wildman–Crippen MR) is 266 cm³/mol. The molecule has 4 atom stereocenters. The maximum absolute atomic E-state index is 15.4. The van der Waals surface area contributed by atoms with Gasteiger partial charge < -0.3 is 95.4 Å². The van der Waals surface area contributed by atoms with E-state index in [2.05, 4.69) is 14.1 Å². The Morgan fingerprint density at radius 3 is 1.49 bits per heavy atom. The van der Waals surface area contributed by atoms with Gasteiger partial charge in [0.15, 0.2) is 46.0 Å². The Kier molecular flexibility index (Phi) is 21.9. The summed E-state index contributed by atoms with van der Waals surface area (Å²) in [7, 11) is 21.3. The molecule has 17 nitrogen and oxygen atoms in total. The molecule has 4 aromatic rings. The van der Waals surface area contributed by atoms with Gasteiger partial charge in [-0.15, -0.1) is 0 Å². The molecule has 21 heteroatoms. The molecule has 0 saturated heterocycles. The summed E-state index contributed by atoms with van der Waals surface area (Å²) < 4.78 is 105. The number of rotatable bonds is 25. The van der Waals surface area contributed by atoms with Crippen molar-refractivity contribution in [3.63, 3.8) is 0 Å². The lowest BCUT2D eigenvalue weighted by molar-refractivity contribution is -0.941. The lowest BCUT2D eigenvalue weighted by Gasteiger charge is -2.46. The summed E-state index contributed by atoms with van der Waals surface area (Å²) in [5, 5.41) is 0. The molecule has 0 N–H and O–H groups in total. The third kappa shape index (κ3) is 13.0. The Morgan fingerprint density at radius 2 is 0.973 bits per heavy atom. The van der Waals surface area contributed by atoms with Crippen LogP contribution in [0.1, 0.15) is 64.7 Å². The van der Waals surface area contributed by atoms with Gasteiger partial charge in [-0.2, -0.15) is 8.78 Å². The van der Waals surface area contributed by atoms with E-state index in [1.165, 1.54) is 14.2 Å². The number of halogens is 4. The molecule has 416 valence electrons. The van der Waals surface area contributed by atoms with Crippen LogP contribution in [0.4, 0.5) is 8.78 Å². The summed E-state index contributed by atoms with van der Waals surface area (Å²) in [6.07, 6.45) is 0.903. The summed E-state index contributed by atoms with van der Waals surface area (Å²) in [6, 6.07) is 13.0. The van der Waals surface area contributed by atoms with Crippen LogP contribution in [-0.4, -0.2) is 159 Å². The second-order valence-electron chi connectivity index (χ2n) is 18.5. The summed E-state index contributed by atoms with van der Waals surface area (Å²) in [6.45, 7) is 1.78. The van der Waals surface area contributed by atoms with Gasteiger partial charge in [-0.25, -0.2) is 4.79 Å². The Hall–Kier alpha value is -6.02. The van der Waals surface area contributed by atoms with E-state index in [1.807, 2.05) is 42.5 Å². The molecule has 0 aliphatic carbocycles. The highest BCUT2D eigenvalue weighted by molar-refractivity contribution is 5.84. The molecule has 2 aliphatic rings. The number of carbonyl (C=O) groups is 2. The van der Waals surface area contributed by atoms with Crippen molar-refractivity contribution in [2.24, 2.45) is 0 Å². The molecule has 0 bridgehead atoms. The average Bonchev–Trinajstić information content (AvgIpc) is 3.39. The lowest BCUT2D eigenvalue weighted by Crippen LogP contribution is -3.00. The van der Waals surface area contributed by atoms with E-state index < -0.39 is 24.3 Å². The van der Waals surface area contributed by atoms with E-state index in [0.717, 1.165) is 33.4 Å². The standard InChI is InChI=1S/C54H72F2N2O15.2ClH/c1-57(20-17-35-28-45(67-9)51(70-12)52(71-13)47(35)38(57)24-33-25-41(63-5)49(68-10)42(26-33)64-6)18-14-23-73-53(60)54(55,56)32-46(59)72-22-15-19-58(2)21-16-34-27-39(61-3)40(62-4)31-37(34)48(58)36-29-43(65-7)50(69-11)44(30-36)66-8;;/h25-31,38,48H,14-24,32H2,1-13H3;2*1H/q+2;;/p-2/t38-,48+,57+,58-;;/m1../s1. The van der Waals surface area contributed by atoms with Crippen LogP contribution >= 0.6 is 0 Å². The lowest BCUT2D eigenvalue weighted by atomic mass is 9.85. The zero-order chi connectivity index (χ0) is 53.3. The van der Waals surface area contributed by atoms with Crippen molar-refractivity contribution < 1.29 is 114 Å². The first-order valence-corrected chi connectivity index (χ1v) is 24.0. The highest BCUT2D eigenvalue weighted by Crippen LogP contribution is 2.52. The minimum Gasteiger partial charge on any atom is -1.00 e. The van der Waals surface area contributed by atoms with Gasteiger partial charge in [0.2, 0.25) is 17.2 Å². The summed E-state index contributed by atoms with van der Waals surface area (Å²) >= 11 is 0. The number of benzene rings is 4. The molecule has 0 fully saturated rings. The maximum Gasteiger partial charge on any atom is 0.377 e. The van der Waals surface area contributed by atoms with Crippen molar-refractivity contribution in [2.45, 2.75) is 56.5 Å². The van der Waals surface area contributed by atoms with Crippen molar-refractivity contribution in [1.82, 2.24) is 0 Å². The number of esters is 2. The van der Waals surface area contributed by atoms with Gasteiger partial charge in [-0.05, 0) is 59.2 Å². The maximum atomic E-state index is 15.4. The van der Waals surface area contributed by atoms with E-state index in [1.54, 1.807) is 64.0 Å². The third-order valence-electron chi connectivity index (χ3n) is 14.3. The van der Waals surface area contributed by atoms with Crippen LogP contribution < -0.4 is 76.9 Å².